The van der Waals surface area contributed by atoms with Gasteiger partial charge in [0, 0.05) is 19.1 Å². The monoisotopic (exact) mass is 256 g/mol. The summed E-state index contributed by atoms with van der Waals surface area (Å²) in [4.78, 5) is 4.79. The van der Waals surface area contributed by atoms with E-state index in [1.54, 1.807) is 0 Å². The number of alkyl halides is 1. The second-order valence-electron chi connectivity index (χ2n) is 7.33. The summed E-state index contributed by atoms with van der Waals surface area (Å²) in [6, 6.07) is 0.586. The summed E-state index contributed by atoms with van der Waals surface area (Å²) in [5.74, 6) is 0.232. The van der Waals surface area contributed by atoms with Crippen molar-refractivity contribution in [3.8, 4) is 0 Å². The highest BCUT2D eigenvalue weighted by Crippen LogP contribution is 2.37. The fourth-order valence-electron chi connectivity index (χ4n) is 3.67. The second-order valence-corrected chi connectivity index (χ2v) is 7.33. The normalized spacial score (nSPS) is 36.8. The molecule has 18 heavy (non-hydrogen) atoms. The van der Waals surface area contributed by atoms with Gasteiger partial charge in [0.25, 0.3) is 0 Å². The predicted molar refractivity (Wildman–Crippen MR) is 74.6 cm³/mol. The van der Waals surface area contributed by atoms with E-state index in [0.29, 0.717) is 12.6 Å². The van der Waals surface area contributed by atoms with Crippen LogP contribution in [-0.4, -0.2) is 55.2 Å². The molecule has 106 valence electrons. The largest absolute Gasteiger partial charge is 0.305 e. The van der Waals surface area contributed by atoms with Crippen LogP contribution < -0.4 is 0 Å². The Morgan fingerprint density at radius 1 is 1.06 bits per heavy atom. The first-order chi connectivity index (χ1) is 8.38. The van der Waals surface area contributed by atoms with Gasteiger partial charge in [0.2, 0.25) is 0 Å². The lowest BCUT2D eigenvalue weighted by Crippen LogP contribution is -2.54. The van der Waals surface area contributed by atoms with Gasteiger partial charge in [-0.05, 0) is 50.7 Å². The number of rotatable bonds is 1. The van der Waals surface area contributed by atoms with E-state index in [4.69, 9.17) is 0 Å². The van der Waals surface area contributed by atoms with Gasteiger partial charge in [0.15, 0.2) is 0 Å². The molecule has 0 radical (unpaired) electrons. The molecular weight excluding hydrogens is 227 g/mol. The van der Waals surface area contributed by atoms with Crippen LogP contribution >= 0.6 is 0 Å². The quantitative estimate of drug-likeness (QED) is 0.712. The van der Waals surface area contributed by atoms with Crippen molar-refractivity contribution in [3.05, 3.63) is 0 Å². The first-order valence-electron chi connectivity index (χ1n) is 7.44. The number of likely N-dealkylation sites (N-methyl/N-ethyl adjacent to an activating group) is 1. The predicted octanol–water partition coefficient (Wildman–Crippen LogP) is 2.79. The SMILES string of the molecule is CN1CCCC(N2CC[C@@H](C(C)(C)C)[C@@H](F)C2)C1. The Bertz CT molecular complexity index is 274. The van der Waals surface area contributed by atoms with Crippen molar-refractivity contribution in [2.24, 2.45) is 11.3 Å². The molecule has 2 nitrogen and oxygen atoms in total. The summed E-state index contributed by atoms with van der Waals surface area (Å²) < 4.78 is 14.4. The van der Waals surface area contributed by atoms with E-state index >= 15 is 0 Å². The average Bonchev–Trinajstić information content (AvgIpc) is 2.27. The molecule has 2 heterocycles. The standard InChI is InChI=1S/C15H29FN2/c1-15(2,3)13-7-9-18(11-14(13)16)12-6-5-8-17(4)10-12/h12-14H,5-11H2,1-4H3/t12?,13-,14+/m1/s1. The van der Waals surface area contributed by atoms with Gasteiger partial charge in [0.1, 0.15) is 6.17 Å². The maximum atomic E-state index is 14.4. The lowest BCUT2D eigenvalue weighted by atomic mass is 9.74. The molecule has 2 saturated heterocycles. The third kappa shape index (κ3) is 3.24. The van der Waals surface area contributed by atoms with Gasteiger partial charge in [0.05, 0.1) is 0 Å². The van der Waals surface area contributed by atoms with Crippen molar-refractivity contribution < 1.29 is 4.39 Å². The molecule has 2 rings (SSSR count). The van der Waals surface area contributed by atoms with E-state index in [1.807, 2.05) is 0 Å². The smallest absolute Gasteiger partial charge is 0.116 e. The summed E-state index contributed by atoms with van der Waals surface area (Å²) in [6.07, 6.45) is 2.88. The van der Waals surface area contributed by atoms with Gasteiger partial charge in [-0.15, -0.1) is 0 Å². The van der Waals surface area contributed by atoms with Gasteiger partial charge in [-0.2, -0.15) is 0 Å². The third-order valence-corrected chi connectivity index (χ3v) is 4.80. The van der Waals surface area contributed by atoms with Crippen molar-refractivity contribution in [2.75, 3.05) is 33.2 Å². The lowest BCUT2D eigenvalue weighted by molar-refractivity contribution is -0.00569. The minimum absolute atomic E-state index is 0.106. The van der Waals surface area contributed by atoms with Crippen molar-refractivity contribution in [3.63, 3.8) is 0 Å². The highest BCUT2D eigenvalue weighted by atomic mass is 19.1. The van der Waals surface area contributed by atoms with Crippen LogP contribution in [0.2, 0.25) is 0 Å². The van der Waals surface area contributed by atoms with E-state index in [-0.39, 0.29) is 11.3 Å². The number of piperidine rings is 2. The maximum Gasteiger partial charge on any atom is 0.116 e. The molecule has 0 aromatic heterocycles. The Balaban J connectivity index is 1.91. The molecule has 2 aliphatic rings. The van der Waals surface area contributed by atoms with E-state index in [9.17, 15) is 4.39 Å². The first-order valence-corrected chi connectivity index (χ1v) is 7.44. The Morgan fingerprint density at radius 2 is 1.78 bits per heavy atom. The van der Waals surface area contributed by atoms with Crippen LogP contribution in [0.25, 0.3) is 0 Å². The summed E-state index contributed by atoms with van der Waals surface area (Å²) in [5, 5.41) is 0. The van der Waals surface area contributed by atoms with Gasteiger partial charge >= 0.3 is 0 Å². The van der Waals surface area contributed by atoms with Crippen molar-refractivity contribution in [1.82, 2.24) is 9.80 Å². The van der Waals surface area contributed by atoms with Crippen LogP contribution in [0.4, 0.5) is 4.39 Å². The van der Waals surface area contributed by atoms with Crippen LogP contribution in [0.15, 0.2) is 0 Å². The van der Waals surface area contributed by atoms with Crippen LogP contribution in [0.5, 0.6) is 0 Å². The van der Waals surface area contributed by atoms with Gasteiger partial charge in [-0.25, -0.2) is 4.39 Å². The fourth-order valence-corrected chi connectivity index (χ4v) is 3.67. The summed E-state index contributed by atoms with van der Waals surface area (Å²) in [7, 11) is 2.18. The Morgan fingerprint density at radius 3 is 2.33 bits per heavy atom. The Labute approximate surface area is 112 Å². The summed E-state index contributed by atoms with van der Waals surface area (Å²) in [6.45, 7) is 10.6. The summed E-state index contributed by atoms with van der Waals surface area (Å²) in [5.41, 5.74) is 0.106. The van der Waals surface area contributed by atoms with E-state index in [2.05, 4.69) is 37.6 Å². The summed E-state index contributed by atoms with van der Waals surface area (Å²) >= 11 is 0. The zero-order chi connectivity index (χ0) is 13.3. The molecule has 0 aromatic rings. The number of nitrogens with zero attached hydrogens (tertiary/aromatic N) is 2. The number of likely N-dealkylation sites (tertiary alicyclic amines) is 2. The zero-order valence-corrected chi connectivity index (χ0v) is 12.5. The molecular formula is C15H29FN2. The van der Waals surface area contributed by atoms with E-state index < -0.39 is 6.17 Å². The molecule has 0 N–H and O–H groups in total. The molecule has 0 aromatic carbocycles. The Hall–Kier alpha value is -0.150. The molecule has 2 aliphatic heterocycles. The molecule has 0 bridgehead atoms. The highest BCUT2D eigenvalue weighted by molar-refractivity contribution is 4.91. The fraction of sp³-hybridized carbons (Fsp3) is 1.00. The van der Waals surface area contributed by atoms with Crippen molar-refractivity contribution >= 4 is 0 Å². The Kier molecular flexibility index (Phi) is 4.32. The topological polar surface area (TPSA) is 6.48 Å². The molecule has 3 heteroatoms. The van der Waals surface area contributed by atoms with Gasteiger partial charge < -0.3 is 4.90 Å². The van der Waals surface area contributed by atoms with E-state index in [0.717, 1.165) is 19.5 Å². The maximum absolute atomic E-state index is 14.4. The molecule has 0 spiro atoms. The second kappa shape index (κ2) is 5.46. The minimum Gasteiger partial charge on any atom is -0.305 e. The first kappa shape index (κ1) is 14.3. The van der Waals surface area contributed by atoms with Crippen LogP contribution in [-0.2, 0) is 0 Å². The van der Waals surface area contributed by atoms with Crippen LogP contribution in [0, 0.1) is 11.3 Å². The minimum atomic E-state index is -0.647. The molecule has 2 fully saturated rings. The number of hydrogen-bond donors (Lipinski definition) is 0. The van der Waals surface area contributed by atoms with Gasteiger partial charge in [-0.1, -0.05) is 20.8 Å². The molecule has 3 atom stereocenters. The molecule has 0 aliphatic carbocycles. The average molecular weight is 256 g/mol. The number of halogens is 1. The molecule has 0 saturated carbocycles. The molecule has 1 unspecified atom stereocenters. The number of hydrogen-bond acceptors (Lipinski definition) is 2. The molecule has 0 amide bonds. The highest BCUT2D eigenvalue weighted by Gasteiger charge is 2.39. The van der Waals surface area contributed by atoms with Crippen LogP contribution in [0.3, 0.4) is 0 Å². The zero-order valence-electron chi connectivity index (χ0n) is 12.5. The van der Waals surface area contributed by atoms with E-state index in [1.165, 1.54) is 19.4 Å². The third-order valence-electron chi connectivity index (χ3n) is 4.80. The van der Waals surface area contributed by atoms with Crippen molar-refractivity contribution in [2.45, 2.75) is 52.2 Å². The van der Waals surface area contributed by atoms with Crippen LogP contribution in [0.1, 0.15) is 40.0 Å². The van der Waals surface area contributed by atoms with Crippen molar-refractivity contribution in [1.29, 1.82) is 0 Å². The van der Waals surface area contributed by atoms with Gasteiger partial charge in [-0.3, -0.25) is 4.90 Å². The lowest BCUT2D eigenvalue weighted by Gasteiger charge is -2.45.